The molecule has 1 aliphatic rings. The SMILES string of the molecule is CC(=O)CCCC1(c2ccc(F)cc2)OCC(C)(C)CO1. The van der Waals surface area contributed by atoms with Crippen molar-refractivity contribution >= 4 is 5.78 Å². The first-order valence-electron chi connectivity index (χ1n) is 7.36. The maximum absolute atomic E-state index is 13.1. The minimum Gasteiger partial charge on any atom is -0.345 e. The number of rotatable bonds is 5. The van der Waals surface area contributed by atoms with Gasteiger partial charge in [0.1, 0.15) is 11.6 Å². The molecule has 116 valence electrons. The Bertz CT molecular complexity index is 483. The van der Waals surface area contributed by atoms with Crippen LogP contribution in [0.4, 0.5) is 4.39 Å². The molecular weight excluding hydrogens is 271 g/mol. The molecule has 0 aromatic heterocycles. The lowest BCUT2D eigenvalue weighted by molar-refractivity contribution is -0.311. The summed E-state index contributed by atoms with van der Waals surface area (Å²) in [5.41, 5.74) is 0.771. The zero-order chi connectivity index (χ0) is 15.5. The average Bonchev–Trinajstić information content (AvgIpc) is 2.42. The van der Waals surface area contributed by atoms with Gasteiger partial charge >= 0.3 is 0 Å². The number of Topliss-reactive ketones (excluding diaryl/α,β-unsaturated/α-hetero) is 1. The Morgan fingerprint density at radius 2 is 1.76 bits per heavy atom. The summed E-state index contributed by atoms with van der Waals surface area (Å²) >= 11 is 0. The van der Waals surface area contributed by atoms with Crippen LogP contribution in [0.3, 0.4) is 0 Å². The van der Waals surface area contributed by atoms with Gasteiger partial charge in [0.05, 0.1) is 13.2 Å². The van der Waals surface area contributed by atoms with Crippen molar-refractivity contribution in [1.29, 1.82) is 0 Å². The van der Waals surface area contributed by atoms with E-state index in [1.165, 1.54) is 12.1 Å². The lowest BCUT2D eigenvalue weighted by atomic mass is 9.91. The van der Waals surface area contributed by atoms with Crippen LogP contribution in [0.5, 0.6) is 0 Å². The van der Waals surface area contributed by atoms with Gasteiger partial charge < -0.3 is 14.3 Å². The molecule has 1 fully saturated rings. The Kier molecular flexibility index (Phi) is 4.79. The van der Waals surface area contributed by atoms with Gasteiger partial charge in [-0.1, -0.05) is 26.0 Å². The summed E-state index contributed by atoms with van der Waals surface area (Å²) in [6, 6.07) is 6.21. The Morgan fingerprint density at radius 1 is 1.19 bits per heavy atom. The number of ether oxygens (including phenoxy) is 2. The summed E-state index contributed by atoms with van der Waals surface area (Å²) < 4.78 is 25.2. The first-order chi connectivity index (χ1) is 9.83. The fourth-order valence-electron chi connectivity index (χ4n) is 2.44. The minimum absolute atomic E-state index is 0.0376. The fourth-order valence-corrected chi connectivity index (χ4v) is 2.44. The highest BCUT2D eigenvalue weighted by atomic mass is 19.1. The number of hydrogen-bond acceptors (Lipinski definition) is 3. The summed E-state index contributed by atoms with van der Waals surface area (Å²) in [5.74, 6) is -0.993. The molecule has 21 heavy (non-hydrogen) atoms. The van der Waals surface area contributed by atoms with Crippen molar-refractivity contribution in [1.82, 2.24) is 0 Å². The van der Waals surface area contributed by atoms with Crippen LogP contribution in [0, 0.1) is 11.2 Å². The van der Waals surface area contributed by atoms with Gasteiger partial charge in [-0.2, -0.15) is 0 Å². The molecule has 0 spiro atoms. The summed E-state index contributed by atoms with van der Waals surface area (Å²) in [5, 5.41) is 0. The van der Waals surface area contributed by atoms with E-state index in [1.807, 2.05) is 0 Å². The Balaban J connectivity index is 2.18. The Morgan fingerprint density at radius 3 is 2.29 bits per heavy atom. The standard InChI is InChI=1S/C17H23FO3/c1-13(19)5-4-10-17(14-6-8-15(18)9-7-14)20-11-16(2,3)12-21-17/h6-9H,4-5,10-12H2,1-3H3. The van der Waals surface area contributed by atoms with Crippen LogP contribution in [0.15, 0.2) is 24.3 Å². The van der Waals surface area contributed by atoms with Crippen LogP contribution < -0.4 is 0 Å². The van der Waals surface area contributed by atoms with Crippen LogP contribution >= 0.6 is 0 Å². The smallest absolute Gasteiger partial charge is 0.194 e. The third-order valence-electron chi connectivity index (χ3n) is 3.71. The third kappa shape index (κ3) is 4.11. The van der Waals surface area contributed by atoms with E-state index in [-0.39, 0.29) is 17.0 Å². The molecule has 0 saturated carbocycles. The second kappa shape index (κ2) is 6.24. The Hall–Kier alpha value is -1.26. The first kappa shape index (κ1) is 16.1. The fraction of sp³-hybridized carbons (Fsp3) is 0.588. The van der Waals surface area contributed by atoms with E-state index in [4.69, 9.17) is 9.47 Å². The first-order valence-corrected chi connectivity index (χ1v) is 7.36. The van der Waals surface area contributed by atoms with E-state index in [0.717, 1.165) is 5.56 Å². The highest BCUT2D eigenvalue weighted by molar-refractivity contribution is 5.75. The van der Waals surface area contributed by atoms with Crippen molar-refractivity contribution in [2.45, 2.75) is 45.8 Å². The van der Waals surface area contributed by atoms with Crippen molar-refractivity contribution in [2.75, 3.05) is 13.2 Å². The van der Waals surface area contributed by atoms with Crippen LogP contribution in [-0.2, 0) is 20.1 Å². The molecule has 0 amide bonds. The maximum atomic E-state index is 13.1. The molecule has 2 rings (SSSR count). The monoisotopic (exact) mass is 294 g/mol. The van der Waals surface area contributed by atoms with Crippen LogP contribution in [0.25, 0.3) is 0 Å². The molecular formula is C17H23FO3. The van der Waals surface area contributed by atoms with Crippen LogP contribution in [-0.4, -0.2) is 19.0 Å². The predicted octanol–water partition coefficient (Wildman–Crippen LogP) is 3.81. The molecule has 1 aromatic carbocycles. The third-order valence-corrected chi connectivity index (χ3v) is 3.71. The lowest BCUT2D eigenvalue weighted by Gasteiger charge is -2.44. The van der Waals surface area contributed by atoms with Gasteiger partial charge in [-0.15, -0.1) is 0 Å². The largest absolute Gasteiger partial charge is 0.345 e. The Labute approximate surface area is 125 Å². The highest BCUT2D eigenvalue weighted by Gasteiger charge is 2.41. The molecule has 1 heterocycles. The molecule has 0 N–H and O–H groups in total. The zero-order valence-electron chi connectivity index (χ0n) is 12.9. The molecule has 0 aliphatic carbocycles. The van der Waals surface area contributed by atoms with Gasteiger partial charge in [0.25, 0.3) is 0 Å². The van der Waals surface area contributed by atoms with Gasteiger partial charge in [0, 0.05) is 23.8 Å². The minimum atomic E-state index is -0.862. The van der Waals surface area contributed by atoms with Crippen molar-refractivity contribution in [3.05, 3.63) is 35.6 Å². The molecule has 0 unspecified atom stereocenters. The number of ketones is 1. The van der Waals surface area contributed by atoms with E-state index in [1.54, 1.807) is 19.1 Å². The van der Waals surface area contributed by atoms with Gasteiger partial charge in [0.15, 0.2) is 5.79 Å². The summed E-state index contributed by atoms with van der Waals surface area (Å²) in [4.78, 5) is 11.1. The molecule has 1 aromatic rings. The normalized spacial score (nSPS) is 20.2. The van der Waals surface area contributed by atoms with Gasteiger partial charge in [-0.3, -0.25) is 0 Å². The van der Waals surface area contributed by atoms with Crippen molar-refractivity contribution in [3.8, 4) is 0 Å². The number of carbonyl (C=O) groups is 1. The van der Waals surface area contributed by atoms with Crippen molar-refractivity contribution in [3.63, 3.8) is 0 Å². The zero-order valence-corrected chi connectivity index (χ0v) is 12.9. The number of carbonyl (C=O) groups excluding carboxylic acids is 1. The average molecular weight is 294 g/mol. The van der Waals surface area contributed by atoms with Gasteiger partial charge in [-0.25, -0.2) is 4.39 Å². The molecule has 0 atom stereocenters. The molecule has 1 saturated heterocycles. The lowest BCUT2D eigenvalue weighted by Crippen LogP contribution is -2.45. The van der Waals surface area contributed by atoms with E-state index in [0.29, 0.717) is 32.5 Å². The predicted molar refractivity (Wildman–Crippen MR) is 78.3 cm³/mol. The maximum Gasteiger partial charge on any atom is 0.194 e. The molecule has 0 radical (unpaired) electrons. The second-order valence-electron chi connectivity index (χ2n) is 6.56. The van der Waals surface area contributed by atoms with Crippen LogP contribution in [0.2, 0.25) is 0 Å². The van der Waals surface area contributed by atoms with Crippen molar-refractivity contribution < 1.29 is 18.7 Å². The molecule has 3 nitrogen and oxygen atoms in total. The molecule has 4 heteroatoms. The van der Waals surface area contributed by atoms with Gasteiger partial charge in [0.2, 0.25) is 0 Å². The number of hydrogen-bond donors (Lipinski definition) is 0. The van der Waals surface area contributed by atoms with E-state index < -0.39 is 5.79 Å². The molecule has 0 bridgehead atoms. The summed E-state index contributed by atoms with van der Waals surface area (Å²) in [6.07, 6.45) is 1.78. The van der Waals surface area contributed by atoms with Crippen LogP contribution in [0.1, 0.15) is 45.6 Å². The van der Waals surface area contributed by atoms with E-state index in [9.17, 15) is 9.18 Å². The van der Waals surface area contributed by atoms with E-state index in [2.05, 4.69) is 13.8 Å². The summed E-state index contributed by atoms with van der Waals surface area (Å²) in [7, 11) is 0. The number of benzene rings is 1. The quantitative estimate of drug-likeness (QED) is 0.828. The number of halogens is 1. The van der Waals surface area contributed by atoms with Crippen molar-refractivity contribution in [2.24, 2.45) is 5.41 Å². The summed E-state index contributed by atoms with van der Waals surface area (Å²) in [6.45, 7) is 6.89. The van der Waals surface area contributed by atoms with E-state index >= 15 is 0 Å². The topological polar surface area (TPSA) is 35.5 Å². The second-order valence-corrected chi connectivity index (χ2v) is 6.56. The molecule has 1 aliphatic heterocycles. The van der Waals surface area contributed by atoms with Gasteiger partial charge in [-0.05, 0) is 25.5 Å². The highest BCUT2D eigenvalue weighted by Crippen LogP contribution is 2.40.